The highest BCUT2D eigenvalue weighted by atomic mass is 16.4. The average molecular weight is 240 g/mol. The van der Waals surface area contributed by atoms with Crippen LogP contribution >= 0.6 is 0 Å². The molecule has 0 bridgehead atoms. The maximum Gasteiger partial charge on any atom is 0.319 e. The zero-order valence-electron chi connectivity index (χ0n) is 10.1. The van der Waals surface area contributed by atoms with Crippen LogP contribution in [0.1, 0.15) is 32.1 Å². The second kappa shape index (κ2) is 5.04. The third-order valence-corrected chi connectivity index (χ3v) is 3.73. The minimum absolute atomic E-state index is 0.300. The van der Waals surface area contributed by atoms with Crippen LogP contribution in [0.4, 0.5) is 0 Å². The van der Waals surface area contributed by atoms with Crippen LogP contribution in [0, 0.1) is 5.41 Å². The first-order valence-electron chi connectivity index (χ1n) is 6.39. The van der Waals surface area contributed by atoms with Gasteiger partial charge in [-0.25, -0.2) is 0 Å². The summed E-state index contributed by atoms with van der Waals surface area (Å²) in [5.74, 6) is -1.28. The number of nitrogens with zero attached hydrogens (tertiary/aromatic N) is 1. The van der Waals surface area contributed by atoms with Gasteiger partial charge in [-0.2, -0.15) is 0 Å². The Balaban J connectivity index is 1.62. The Morgan fingerprint density at radius 3 is 2.41 bits per heavy atom. The number of carbonyl (C=O) groups is 2. The summed E-state index contributed by atoms with van der Waals surface area (Å²) in [7, 11) is 0. The molecule has 5 heteroatoms. The highest BCUT2D eigenvalue weighted by molar-refractivity contribution is 6.04. The van der Waals surface area contributed by atoms with Gasteiger partial charge < -0.3 is 15.3 Å². The largest absolute Gasteiger partial charge is 0.480 e. The predicted octanol–water partition coefficient (Wildman–Crippen LogP) is 0.453. The van der Waals surface area contributed by atoms with Crippen LogP contribution in [0.3, 0.4) is 0 Å². The Labute approximate surface area is 101 Å². The molecular weight excluding hydrogens is 220 g/mol. The average Bonchev–Trinajstić information content (AvgIpc) is 2.97. The van der Waals surface area contributed by atoms with Crippen molar-refractivity contribution in [2.45, 2.75) is 32.1 Å². The number of amides is 1. The van der Waals surface area contributed by atoms with Gasteiger partial charge in [-0.1, -0.05) is 0 Å². The number of hydrogen-bond donors (Lipinski definition) is 2. The van der Waals surface area contributed by atoms with E-state index in [1.54, 1.807) is 0 Å². The highest BCUT2D eigenvalue weighted by Gasteiger charge is 2.56. The van der Waals surface area contributed by atoms with E-state index < -0.39 is 11.4 Å². The van der Waals surface area contributed by atoms with Crippen molar-refractivity contribution < 1.29 is 14.7 Å². The number of carboxylic acids is 1. The Hall–Kier alpha value is -1.10. The monoisotopic (exact) mass is 240 g/mol. The molecule has 5 nitrogen and oxygen atoms in total. The molecule has 2 fully saturated rings. The maximum atomic E-state index is 11.7. The van der Waals surface area contributed by atoms with E-state index in [0.717, 1.165) is 26.1 Å². The van der Waals surface area contributed by atoms with Crippen molar-refractivity contribution in [3.05, 3.63) is 0 Å². The van der Waals surface area contributed by atoms with E-state index >= 15 is 0 Å². The molecule has 1 saturated carbocycles. The van der Waals surface area contributed by atoms with Crippen molar-refractivity contribution in [3.63, 3.8) is 0 Å². The Kier molecular flexibility index (Phi) is 3.66. The van der Waals surface area contributed by atoms with Gasteiger partial charge in [0.2, 0.25) is 5.91 Å². The summed E-state index contributed by atoms with van der Waals surface area (Å²) >= 11 is 0. The summed E-state index contributed by atoms with van der Waals surface area (Å²) in [5, 5.41) is 11.7. The molecule has 0 unspecified atom stereocenters. The zero-order chi connectivity index (χ0) is 12.3. The summed E-state index contributed by atoms with van der Waals surface area (Å²) in [6.45, 7) is 3.91. The number of nitrogens with one attached hydrogen (secondary N) is 1. The molecule has 1 aliphatic carbocycles. The first-order valence-corrected chi connectivity index (χ1v) is 6.39. The third kappa shape index (κ3) is 2.77. The highest BCUT2D eigenvalue weighted by Crippen LogP contribution is 2.45. The lowest BCUT2D eigenvalue weighted by atomic mass is 10.1. The van der Waals surface area contributed by atoms with Gasteiger partial charge in [0.25, 0.3) is 0 Å². The van der Waals surface area contributed by atoms with Crippen molar-refractivity contribution >= 4 is 11.9 Å². The first-order chi connectivity index (χ1) is 8.15. The molecule has 2 aliphatic rings. The van der Waals surface area contributed by atoms with Crippen molar-refractivity contribution in [2.75, 3.05) is 26.2 Å². The Morgan fingerprint density at radius 2 is 1.88 bits per heavy atom. The fourth-order valence-corrected chi connectivity index (χ4v) is 2.34. The fourth-order valence-electron chi connectivity index (χ4n) is 2.34. The van der Waals surface area contributed by atoms with Crippen LogP contribution in [0.25, 0.3) is 0 Å². The van der Waals surface area contributed by atoms with Crippen LogP contribution in [0.15, 0.2) is 0 Å². The molecule has 1 aliphatic heterocycles. The lowest BCUT2D eigenvalue weighted by molar-refractivity contribution is -0.149. The number of carbonyl (C=O) groups excluding carboxylic acids is 1. The van der Waals surface area contributed by atoms with Gasteiger partial charge in [0.15, 0.2) is 0 Å². The van der Waals surface area contributed by atoms with Crippen molar-refractivity contribution in [2.24, 2.45) is 5.41 Å². The lowest BCUT2D eigenvalue weighted by Crippen LogP contribution is -2.38. The van der Waals surface area contributed by atoms with E-state index in [-0.39, 0.29) is 5.91 Å². The molecular formula is C12H20N2O3. The molecule has 2 N–H and O–H groups in total. The molecule has 1 amide bonds. The smallest absolute Gasteiger partial charge is 0.319 e. The molecule has 2 rings (SSSR count). The molecule has 1 saturated heterocycles. The maximum absolute atomic E-state index is 11.7. The molecule has 17 heavy (non-hydrogen) atoms. The molecule has 1 heterocycles. The lowest BCUT2D eigenvalue weighted by Gasteiger charge is -2.15. The van der Waals surface area contributed by atoms with Crippen LogP contribution in [-0.2, 0) is 9.59 Å². The molecule has 96 valence electrons. The minimum atomic E-state index is -1.09. The topological polar surface area (TPSA) is 69.6 Å². The third-order valence-electron chi connectivity index (χ3n) is 3.73. The number of carboxylic acid groups (broad SMARTS) is 1. The zero-order valence-corrected chi connectivity index (χ0v) is 10.1. The summed E-state index contributed by atoms with van der Waals surface area (Å²) in [5.41, 5.74) is -1.09. The summed E-state index contributed by atoms with van der Waals surface area (Å²) < 4.78 is 0. The fraction of sp³-hybridized carbons (Fsp3) is 0.833. The van der Waals surface area contributed by atoms with E-state index in [1.165, 1.54) is 12.8 Å². The summed E-state index contributed by atoms with van der Waals surface area (Å²) in [4.78, 5) is 24.9. The predicted molar refractivity (Wildman–Crippen MR) is 62.6 cm³/mol. The quantitative estimate of drug-likeness (QED) is 0.522. The molecule has 0 aromatic heterocycles. The van der Waals surface area contributed by atoms with Gasteiger partial charge in [-0.3, -0.25) is 9.59 Å². The van der Waals surface area contributed by atoms with Gasteiger partial charge in [0.05, 0.1) is 0 Å². The van der Waals surface area contributed by atoms with Gasteiger partial charge in [-0.05, 0) is 51.7 Å². The van der Waals surface area contributed by atoms with Crippen LogP contribution < -0.4 is 5.32 Å². The Bertz CT molecular complexity index is 307. The van der Waals surface area contributed by atoms with Gasteiger partial charge in [0, 0.05) is 6.54 Å². The number of aliphatic carboxylic acids is 1. The summed E-state index contributed by atoms with van der Waals surface area (Å²) in [6.07, 6.45) is 4.42. The second-order valence-corrected chi connectivity index (χ2v) is 5.05. The Morgan fingerprint density at radius 1 is 1.24 bits per heavy atom. The van der Waals surface area contributed by atoms with Gasteiger partial charge in [-0.15, -0.1) is 0 Å². The van der Waals surface area contributed by atoms with Crippen molar-refractivity contribution in [1.82, 2.24) is 10.2 Å². The van der Waals surface area contributed by atoms with E-state index in [9.17, 15) is 9.59 Å². The molecule has 0 aromatic carbocycles. The van der Waals surface area contributed by atoms with E-state index in [0.29, 0.717) is 19.4 Å². The van der Waals surface area contributed by atoms with E-state index in [2.05, 4.69) is 10.2 Å². The van der Waals surface area contributed by atoms with Crippen molar-refractivity contribution in [3.8, 4) is 0 Å². The molecule has 0 atom stereocenters. The number of hydrogen-bond acceptors (Lipinski definition) is 3. The van der Waals surface area contributed by atoms with E-state index in [1.807, 2.05) is 0 Å². The summed E-state index contributed by atoms with van der Waals surface area (Å²) in [6, 6.07) is 0. The second-order valence-electron chi connectivity index (χ2n) is 5.05. The van der Waals surface area contributed by atoms with Gasteiger partial charge >= 0.3 is 5.97 Å². The number of likely N-dealkylation sites (tertiary alicyclic amines) is 1. The minimum Gasteiger partial charge on any atom is -0.480 e. The number of rotatable bonds is 6. The molecule has 0 radical (unpaired) electrons. The van der Waals surface area contributed by atoms with Crippen molar-refractivity contribution in [1.29, 1.82) is 0 Å². The SMILES string of the molecule is O=C(O)C1(C(=O)NCCCN2CCCC2)CC1. The molecule has 0 spiro atoms. The van der Waals surface area contributed by atoms with Crippen LogP contribution in [0.5, 0.6) is 0 Å². The normalized spacial score (nSPS) is 22.4. The first kappa shape index (κ1) is 12.4. The van der Waals surface area contributed by atoms with Crippen LogP contribution in [-0.4, -0.2) is 48.1 Å². The molecule has 0 aromatic rings. The van der Waals surface area contributed by atoms with E-state index in [4.69, 9.17) is 5.11 Å². The van der Waals surface area contributed by atoms with Crippen LogP contribution in [0.2, 0.25) is 0 Å². The standard InChI is InChI=1S/C12H20N2O3/c15-10(12(4-5-12)11(16)17)13-6-3-9-14-7-1-2-8-14/h1-9H2,(H,13,15)(H,16,17). The van der Waals surface area contributed by atoms with Gasteiger partial charge in [0.1, 0.15) is 5.41 Å².